The van der Waals surface area contributed by atoms with Crippen molar-refractivity contribution in [3.05, 3.63) is 96.1 Å². The summed E-state index contributed by atoms with van der Waals surface area (Å²) in [5.74, 6) is -1.19. The standard InChI is InChI=1S/C24H23NO5/c26-23(27)22(17-29-15-18-7-3-1-4-8-18)25-24(28)30-16-19-11-13-21(14-12-19)20-9-5-2-6-10-20/h1-14,22H,15-17H2,(H,25,28)(H,26,27)/t22-/m1/s1. The molecule has 0 heterocycles. The summed E-state index contributed by atoms with van der Waals surface area (Å²) in [6, 6.07) is 25.8. The summed E-state index contributed by atoms with van der Waals surface area (Å²) in [4.78, 5) is 23.4. The highest BCUT2D eigenvalue weighted by molar-refractivity contribution is 5.80. The lowest BCUT2D eigenvalue weighted by atomic mass is 10.0. The molecule has 0 fully saturated rings. The lowest BCUT2D eigenvalue weighted by Gasteiger charge is -2.15. The molecule has 0 saturated carbocycles. The van der Waals surface area contributed by atoms with Gasteiger partial charge in [-0.2, -0.15) is 0 Å². The lowest BCUT2D eigenvalue weighted by molar-refractivity contribution is -0.141. The van der Waals surface area contributed by atoms with E-state index in [0.717, 1.165) is 22.3 Å². The Morgan fingerprint density at radius 3 is 1.97 bits per heavy atom. The van der Waals surface area contributed by atoms with Crippen LogP contribution in [-0.2, 0) is 27.5 Å². The Kier molecular flexibility index (Phi) is 7.58. The van der Waals surface area contributed by atoms with Gasteiger partial charge in [-0.1, -0.05) is 84.9 Å². The average molecular weight is 405 g/mol. The fraction of sp³-hybridized carbons (Fsp3) is 0.167. The second-order valence-electron chi connectivity index (χ2n) is 6.67. The van der Waals surface area contributed by atoms with E-state index in [1.165, 1.54) is 0 Å². The molecule has 30 heavy (non-hydrogen) atoms. The number of carbonyl (C=O) groups excluding carboxylic acids is 1. The molecular weight excluding hydrogens is 382 g/mol. The van der Waals surface area contributed by atoms with E-state index in [1.54, 1.807) is 0 Å². The monoisotopic (exact) mass is 405 g/mol. The maximum Gasteiger partial charge on any atom is 0.408 e. The van der Waals surface area contributed by atoms with Crippen molar-refractivity contribution in [2.75, 3.05) is 6.61 Å². The van der Waals surface area contributed by atoms with Gasteiger partial charge in [-0.15, -0.1) is 0 Å². The molecule has 3 rings (SSSR count). The van der Waals surface area contributed by atoms with E-state index in [4.69, 9.17) is 9.47 Å². The first-order valence-electron chi connectivity index (χ1n) is 9.54. The van der Waals surface area contributed by atoms with Gasteiger partial charge in [-0.05, 0) is 22.3 Å². The van der Waals surface area contributed by atoms with Gasteiger partial charge in [0.1, 0.15) is 6.61 Å². The van der Waals surface area contributed by atoms with Crippen LogP contribution in [0.2, 0.25) is 0 Å². The van der Waals surface area contributed by atoms with Crippen LogP contribution in [0.3, 0.4) is 0 Å². The molecule has 1 amide bonds. The minimum Gasteiger partial charge on any atom is -0.480 e. The molecule has 1 atom stereocenters. The van der Waals surface area contributed by atoms with Crippen LogP contribution in [0.25, 0.3) is 11.1 Å². The number of hydrogen-bond donors (Lipinski definition) is 2. The SMILES string of the molecule is O=C(N[C@H](COCc1ccccc1)C(=O)O)OCc1ccc(-c2ccccc2)cc1. The van der Waals surface area contributed by atoms with Gasteiger partial charge >= 0.3 is 12.1 Å². The minimum absolute atomic E-state index is 0.0398. The normalized spacial score (nSPS) is 11.5. The molecule has 0 aromatic heterocycles. The Morgan fingerprint density at radius 2 is 1.33 bits per heavy atom. The number of amides is 1. The van der Waals surface area contributed by atoms with Crippen molar-refractivity contribution >= 4 is 12.1 Å². The second kappa shape index (κ2) is 10.8. The van der Waals surface area contributed by atoms with Gasteiger partial charge in [0.15, 0.2) is 6.04 Å². The average Bonchev–Trinajstić information content (AvgIpc) is 2.78. The third-order valence-corrected chi connectivity index (χ3v) is 4.42. The van der Waals surface area contributed by atoms with Crippen LogP contribution < -0.4 is 5.32 Å². The van der Waals surface area contributed by atoms with Gasteiger partial charge in [0.25, 0.3) is 0 Å². The largest absolute Gasteiger partial charge is 0.480 e. The number of aliphatic carboxylic acids is 1. The number of nitrogens with one attached hydrogen (secondary N) is 1. The number of ether oxygens (including phenoxy) is 2. The minimum atomic E-state index is -1.19. The molecule has 0 unspecified atom stereocenters. The van der Waals surface area contributed by atoms with Gasteiger partial charge < -0.3 is 19.9 Å². The molecular formula is C24H23NO5. The van der Waals surface area contributed by atoms with Gasteiger partial charge in [0.2, 0.25) is 0 Å². The van der Waals surface area contributed by atoms with Crippen molar-refractivity contribution in [2.24, 2.45) is 0 Å². The van der Waals surface area contributed by atoms with Crippen molar-refractivity contribution in [2.45, 2.75) is 19.3 Å². The second-order valence-corrected chi connectivity index (χ2v) is 6.67. The van der Waals surface area contributed by atoms with E-state index < -0.39 is 18.1 Å². The molecule has 0 aliphatic heterocycles. The first-order chi connectivity index (χ1) is 14.6. The van der Waals surface area contributed by atoms with Gasteiger partial charge in [-0.3, -0.25) is 0 Å². The van der Waals surface area contributed by atoms with Crippen LogP contribution in [0.1, 0.15) is 11.1 Å². The van der Waals surface area contributed by atoms with Crippen LogP contribution in [0, 0.1) is 0 Å². The molecule has 154 valence electrons. The Hall–Kier alpha value is -3.64. The smallest absolute Gasteiger partial charge is 0.408 e. The van der Waals surface area contributed by atoms with Crippen LogP contribution in [-0.4, -0.2) is 29.8 Å². The van der Waals surface area contributed by atoms with Crippen molar-refractivity contribution in [1.82, 2.24) is 5.32 Å². The molecule has 6 heteroatoms. The molecule has 0 bridgehead atoms. The molecule has 0 saturated heterocycles. The van der Waals surface area contributed by atoms with Crippen molar-refractivity contribution < 1.29 is 24.2 Å². The molecule has 3 aromatic rings. The summed E-state index contributed by atoms with van der Waals surface area (Å²) in [6.45, 7) is 0.137. The van der Waals surface area contributed by atoms with Gasteiger partial charge in [0, 0.05) is 0 Å². The zero-order valence-corrected chi connectivity index (χ0v) is 16.4. The Labute approximate surface area is 175 Å². The van der Waals surface area contributed by atoms with Crippen molar-refractivity contribution in [3.63, 3.8) is 0 Å². The molecule has 2 N–H and O–H groups in total. The van der Waals surface area contributed by atoms with E-state index in [-0.39, 0.29) is 19.8 Å². The first kappa shape index (κ1) is 21.1. The maximum absolute atomic E-state index is 12.0. The number of rotatable bonds is 9. The summed E-state index contributed by atoms with van der Waals surface area (Å²) >= 11 is 0. The Morgan fingerprint density at radius 1 is 0.767 bits per heavy atom. The molecule has 0 aliphatic carbocycles. The summed E-state index contributed by atoms with van der Waals surface area (Å²) in [5.41, 5.74) is 3.88. The van der Waals surface area contributed by atoms with E-state index in [2.05, 4.69) is 5.32 Å². The van der Waals surface area contributed by atoms with Crippen molar-refractivity contribution in [3.8, 4) is 11.1 Å². The first-order valence-corrected chi connectivity index (χ1v) is 9.54. The highest BCUT2D eigenvalue weighted by Crippen LogP contribution is 2.19. The number of carboxylic acid groups (broad SMARTS) is 1. The van der Waals surface area contributed by atoms with Crippen LogP contribution in [0.15, 0.2) is 84.9 Å². The summed E-state index contributed by atoms with van der Waals surface area (Å²) in [5, 5.41) is 11.6. The van der Waals surface area contributed by atoms with Crippen LogP contribution in [0.5, 0.6) is 0 Å². The van der Waals surface area contributed by atoms with E-state index in [0.29, 0.717) is 0 Å². The predicted molar refractivity (Wildman–Crippen MR) is 113 cm³/mol. The molecule has 0 radical (unpaired) electrons. The third kappa shape index (κ3) is 6.46. The van der Waals surface area contributed by atoms with Crippen LogP contribution in [0.4, 0.5) is 4.79 Å². The number of carboxylic acids is 1. The van der Waals surface area contributed by atoms with E-state index in [1.807, 2.05) is 84.9 Å². The molecule has 6 nitrogen and oxygen atoms in total. The summed E-state index contributed by atoms with van der Waals surface area (Å²) in [7, 11) is 0. The van der Waals surface area contributed by atoms with Crippen molar-refractivity contribution in [1.29, 1.82) is 0 Å². The number of benzene rings is 3. The quantitative estimate of drug-likeness (QED) is 0.556. The van der Waals surface area contributed by atoms with Gasteiger partial charge in [-0.25, -0.2) is 9.59 Å². The Bertz CT molecular complexity index is 942. The highest BCUT2D eigenvalue weighted by atomic mass is 16.5. The lowest BCUT2D eigenvalue weighted by Crippen LogP contribution is -2.44. The Balaban J connectivity index is 1.45. The topological polar surface area (TPSA) is 84.9 Å². The number of alkyl carbamates (subject to hydrolysis) is 1. The molecule has 3 aromatic carbocycles. The fourth-order valence-corrected chi connectivity index (χ4v) is 2.80. The third-order valence-electron chi connectivity index (χ3n) is 4.42. The summed E-state index contributed by atoms with van der Waals surface area (Å²) in [6.07, 6.45) is -0.808. The van der Waals surface area contributed by atoms with Gasteiger partial charge in [0.05, 0.1) is 13.2 Å². The molecule has 0 aliphatic rings. The highest BCUT2D eigenvalue weighted by Gasteiger charge is 2.21. The zero-order valence-electron chi connectivity index (χ0n) is 16.4. The molecule has 0 spiro atoms. The van der Waals surface area contributed by atoms with E-state index >= 15 is 0 Å². The van der Waals surface area contributed by atoms with Crippen LogP contribution >= 0.6 is 0 Å². The number of carbonyl (C=O) groups is 2. The number of hydrogen-bond acceptors (Lipinski definition) is 4. The predicted octanol–water partition coefficient (Wildman–Crippen LogP) is 4.25. The van der Waals surface area contributed by atoms with E-state index in [9.17, 15) is 14.7 Å². The fourth-order valence-electron chi connectivity index (χ4n) is 2.80. The maximum atomic E-state index is 12.0. The zero-order chi connectivity index (χ0) is 21.2. The summed E-state index contributed by atoms with van der Waals surface area (Å²) < 4.78 is 10.6.